The number of alkyl carbamates (subject to hydrolysis) is 1. The number of hydrogen-bond donors (Lipinski definition) is 4. The zero-order valence-electron chi connectivity index (χ0n) is 38.1. The number of rotatable bonds is 11. The summed E-state index contributed by atoms with van der Waals surface area (Å²) >= 11 is 0. The predicted molar refractivity (Wildman–Crippen MR) is 226 cm³/mol. The Hall–Kier alpha value is -4.46. The number of fused-ring (bicyclic) bond motifs is 8. The van der Waals surface area contributed by atoms with Crippen LogP contribution in [0.25, 0.3) is 0 Å². The molecule has 0 radical (unpaired) electrons. The monoisotopic (exact) mass is 894 g/mol. The van der Waals surface area contributed by atoms with E-state index in [1.54, 1.807) is 116 Å². The molecule has 2 saturated heterocycles. The van der Waals surface area contributed by atoms with Crippen molar-refractivity contribution < 1.29 is 72.5 Å². The summed E-state index contributed by atoms with van der Waals surface area (Å²) < 4.78 is 44.3. The molecule has 2 aromatic carbocycles. The predicted octanol–water partition coefficient (Wildman–Crippen LogP) is 3.93. The molecule has 13 atom stereocenters. The number of carbonyl (C=O) groups is 4. The molecule has 2 saturated carbocycles. The number of hydrogen-bond acceptors (Lipinski definition) is 16. The normalized spacial score (nSPS) is 34.9. The number of ether oxygens (including phenoxy) is 7. The number of carbonyl (C=O) groups excluding carboxylic acids is 4. The highest BCUT2D eigenvalue weighted by Gasteiger charge is 2.79. The summed E-state index contributed by atoms with van der Waals surface area (Å²) in [6.45, 7) is 13.2. The van der Waals surface area contributed by atoms with Crippen LogP contribution in [0.1, 0.15) is 90.2 Å². The lowest BCUT2D eigenvalue weighted by Crippen LogP contribution is -2.82. The second-order valence-corrected chi connectivity index (χ2v) is 19.4. The second-order valence-electron chi connectivity index (χ2n) is 19.4. The summed E-state index contributed by atoms with van der Waals surface area (Å²) in [4.78, 5) is 60.6. The van der Waals surface area contributed by atoms with Crippen molar-refractivity contribution in [3.8, 4) is 0 Å². The van der Waals surface area contributed by atoms with Crippen LogP contribution in [0.5, 0.6) is 0 Å². The lowest BCUT2D eigenvalue weighted by molar-refractivity contribution is -0.362. The summed E-state index contributed by atoms with van der Waals surface area (Å²) in [6, 6.07) is 15.2. The molecular formula is C47H62N2O15. The minimum atomic E-state index is -2.21. The molecule has 2 heterocycles. The van der Waals surface area contributed by atoms with E-state index in [-0.39, 0.29) is 25.1 Å². The lowest BCUT2D eigenvalue weighted by atomic mass is 9.44. The Morgan fingerprint density at radius 2 is 1.62 bits per heavy atom. The maximum atomic E-state index is 14.5. The molecule has 2 bridgehead atoms. The van der Waals surface area contributed by atoms with Gasteiger partial charge in [0.2, 0.25) is 0 Å². The molecule has 0 aromatic heterocycles. The van der Waals surface area contributed by atoms with Gasteiger partial charge in [-0.3, -0.25) is 4.79 Å². The van der Waals surface area contributed by atoms with Gasteiger partial charge in [-0.2, -0.15) is 5.06 Å². The van der Waals surface area contributed by atoms with Gasteiger partial charge in [0, 0.05) is 37.6 Å². The number of aliphatic hydroxyl groups is 3. The highest BCUT2D eigenvalue weighted by Crippen LogP contribution is 2.66. The second kappa shape index (κ2) is 17.4. The maximum absolute atomic E-state index is 14.5. The molecule has 17 nitrogen and oxygen atoms in total. The highest BCUT2D eigenvalue weighted by atomic mass is 16.7. The first-order valence-electron chi connectivity index (χ1n) is 21.7. The number of benzene rings is 2. The Bertz CT molecular complexity index is 2110. The summed E-state index contributed by atoms with van der Waals surface area (Å²) in [5, 5.41) is 42.3. The third-order valence-electron chi connectivity index (χ3n) is 14.1. The summed E-state index contributed by atoms with van der Waals surface area (Å²) in [6.07, 6.45) is -11.4. The quantitative estimate of drug-likeness (QED) is 0.109. The van der Waals surface area contributed by atoms with Crippen LogP contribution in [0.4, 0.5) is 4.79 Å². The standard InChI is InChI=1S/C47H62N2O15/c1-25-29(59-41(54)35(52)34(27-17-13-11-14-18-27)48-42(55)64-43(3,4)5)22-47(56)39(62-40(53)28-19-15-12-16-20-28)37-45(8,30(51)21-31-46(37,24-58-31)63-26(2)50)38-36(33(25)44(47,6)7)60-32(61-38)23-49(9)57-10/h11-20,29-32,34-39,51-52,56H,21-24H2,1-10H3,(H,48,55)/t29-,30-,31?,32?,34-,35+,36+,37-,38+,39-,45+,46-,47+/m0/s1. The molecule has 4 fully saturated rings. The van der Waals surface area contributed by atoms with Gasteiger partial charge >= 0.3 is 24.0 Å². The number of aliphatic hydroxyl groups excluding tert-OH is 2. The van der Waals surface area contributed by atoms with Crippen molar-refractivity contribution in [3.05, 3.63) is 82.9 Å². The van der Waals surface area contributed by atoms with Crippen LogP contribution in [0, 0.1) is 16.7 Å². The largest absolute Gasteiger partial charge is 0.456 e. The molecular weight excluding hydrogens is 833 g/mol. The van der Waals surface area contributed by atoms with Crippen LogP contribution in [0.15, 0.2) is 71.8 Å². The molecule has 7 rings (SSSR count). The molecule has 4 N–H and O–H groups in total. The number of amides is 1. The van der Waals surface area contributed by atoms with Gasteiger partial charge < -0.3 is 58.6 Å². The van der Waals surface area contributed by atoms with Crippen LogP contribution in [-0.4, -0.2) is 138 Å². The summed E-state index contributed by atoms with van der Waals surface area (Å²) in [5.74, 6) is -3.86. The van der Waals surface area contributed by atoms with Gasteiger partial charge in [-0.25, -0.2) is 14.4 Å². The smallest absolute Gasteiger partial charge is 0.408 e. The summed E-state index contributed by atoms with van der Waals surface area (Å²) in [5.41, 5.74) is -6.13. The molecule has 1 amide bonds. The Morgan fingerprint density at radius 1 is 0.984 bits per heavy atom. The lowest BCUT2D eigenvalue weighted by Gasteiger charge is -2.68. The SMILES string of the molecule is CON(C)CC1O[C@@H]2C3=C(C)[C@@H](OC(=O)[C@H](O)[C@@H](NC(=O)OC(C)(C)C)c4ccccc4)C[C@@](O)([C@@H](OC(=O)c4ccccc4)[C@H]4[C@](C)([C@@H]2O1)[C@@H](O)CC1OC[C@]14OC(C)=O)C3(C)C. The van der Waals surface area contributed by atoms with E-state index >= 15 is 0 Å². The molecule has 350 valence electrons. The Morgan fingerprint density at radius 3 is 2.20 bits per heavy atom. The van der Waals surface area contributed by atoms with Crippen LogP contribution < -0.4 is 5.32 Å². The first-order valence-corrected chi connectivity index (χ1v) is 21.7. The highest BCUT2D eigenvalue weighted by molar-refractivity contribution is 5.89. The van der Waals surface area contributed by atoms with E-state index < -0.39 is 119 Å². The number of esters is 3. The number of nitrogens with zero attached hydrogens (tertiary/aromatic N) is 1. The van der Waals surface area contributed by atoms with E-state index in [0.29, 0.717) is 16.7 Å². The van der Waals surface area contributed by atoms with Crippen molar-refractivity contribution in [2.75, 3.05) is 27.3 Å². The van der Waals surface area contributed by atoms with Gasteiger partial charge in [0.15, 0.2) is 18.0 Å². The summed E-state index contributed by atoms with van der Waals surface area (Å²) in [7, 11) is 3.18. The van der Waals surface area contributed by atoms with Crippen molar-refractivity contribution in [3.63, 3.8) is 0 Å². The van der Waals surface area contributed by atoms with Crippen LogP contribution in [0.3, 0.4) is 0 Å². The van der Waals surface area contributed by atoms with E-state index in [0.717, 1.165) is 0 Å². The third-order valence-corrected chi connectivity index (χ3v) is 14.1. The Balaban J connectivity index is 1.40. The molecule has 17 heteroatoms. The van der Waals surface area contributed by atoms with Gasteiger partial charge in [-0.1, -0.05) is 69.3 Å². The van der Waals surface area contributed by atoms with E-state index in [4.69, 9.17) is 38.0 Å². The van der Waals surface area contributed by atoms with Crippen LogP contribution >= 0.6 is 0 Å². The number of hydroxylamine groups is 2. The number of nitrogens with one attached hydrogen (secondary N) is 1. The first-order chi connectivity index (χ1) is 30.0. The molecule has 2 aromatic rings. The Kier molecular flexibility index (Phi) is 12.9. The first kappa shape index (κ1) is 47.5. The maximum Gasteiger partial charge on any atom is 0.408 e. The fourth-order valence-electron chi connectivity index (χ4n) is 10.8. The third kappa shape index (κ3) is 8.23. The molecule has 2 aliphatic heterocycles. The van der Waals surface area contributed by atoms with Gasteiger partial charge in [0.05, 0.1) is 50.0 Å². The van der Waals surface area contributed by atoms with Gasteiger partial charge in [-0.05, 0) is 56.5 Å². The van der Waals surface area contributed by atoms with E-state index in [9.17, 15) is 34.5 Å². The zero-order chi connectivity index (χ0) is 46.7. The molecule has 3 aliphatic carbocycles. The van der Waals surface area contributed by atoms with Gasteiger partial charge in [-0.15, -0.1) is 0 Å². The van der Waals surface area contributed by atoms with Crippen molar-refractivity contribution in [2.24, 2.45) is 16.7 Å². The zero-order valence-corrected chi connectivity index (χ0v) is 38.1. The number of likely N-dealkylation sites (N-methyl/N-ethyl adjacent to an activating group) is 1. The average Bonchev–Trinajstić information content (AvgIpc) is 3.64. The topological polar surface area (TPSA) is 218 Å². The molecule has 64 heavy (non-hydrogen) atoms. The van der Waals surface area contributed by atoms with Crippen molar-refractivity contribution in [2.45, 2.75) is 140 Å². The van der Waals surface area contributed by atoms with Crippen molar-refractivity contribution >= 4 is 24.0 Å². The van der Waals surface area contributed by atoms with Crippen molar-refractivity contribution in [1.29, 1.82) is 0 Å². The fraction of sp³-hybridized carbons (Fsp3) is 0.617. The molecule has 5 aliphatic rings. The minimum absolute atomic E-state index is 0.00669. The van der Waals surface area contributed by atoms with Crippen LogP contribution in [-0.2, 0) is 47.6 Å². The van der Waals surface area contributed by atoms with Gasteiger partial charge in [0.1, 0.15) is 35.6 Å². The molecule has 0 spiro atoms. The van der Waals surface area contributed by atoms with Gasteiger partial charge in [0.25, 0.3) is 0 Å². The Labute approximate surface area is 373 Å². The average molecular weight is 895 g/mol. The van der Waals surface area contributed by atoms with E-state index in [2.05, 4.69) is 5.32 Å². The van der Waals surface area contributed by atoms with Crippen LogP contribution in [0.2, 0.25) is 0 Å². The fourth-order valence-corrected chi connectivity index (χ4v) is 10.8. The van der Waals surface area contributed by atoms with Crippen molar-refractivity contribution in [1.82, 2.24) is 10.4 Å². The molecule has 2 unspecified atom stereocenters. The van der Waals surface area contributed by atoms with E-state index in [1.165, 1.54) is 19.1 Å². The minimum Gasteiger partial charge on any atom is -0.456 e. The van der Waals surface area contributed by atoms with E-state index in [1.807, 2.05) is 0 Å².